The number of carboxylic acid groups (broad SMARTS) is 1. The standard InChI is InChI=1S/C18H21F3N2O4/c1-11-3-2-4-12(5-11)6-13(17(26)27)8-22-16(25)14-7-15(24)23(9-14)10-18(19,20)21/h2-5,13-14H,6-10H2,1H3,(H,22,25)(H,26,27). The number of aryl methyl sites for hydroxylation is 1. The predicted octanol–water partition coefficient (Wildman–Crippen LogP) is 1.77. The van der Waals surface area contributed by atoms with Crippen LogP contribution in [0.25, 0.3) is 0 Å². The van der Waals surface area contributed by atoms with Crippen LogP contribution < -0.4 is 5.32 Å². The SMILES string of the molecule is Cc1cccc(CC(CNC(=O)C2CC(=O)N(CC(F)(F)F)C2)C(=O)O)c1. The second kappa shape index (κ2) is 8.41. The number of likely N-dealkylation sites (tertiary alicyclic amines) is 1. The summed E-state index contributed by atoms with van der Waals surface area (Å²) in [6.45, 7) is 0.0113. The molecule has 0 saturated carbocycles. The lowest BCUT2D eigenvalue weighted by Gasteiger charge is -2.19. The molecule has 6 nitrogen and oxygen atoms in total. The number of rotatable bonds is 7. The molecule has 1 aliphatic heterocycles. The van der Waals surface area contributed by atoms with Gasteiger partial charge in [-0.05, 0) is 18.9 Å². The Morgan fingerprint density at radius 1 is 1.37 bits per heavy atom. The summed E-state index contributed by atoms with van der Waals surface area (Å²) in [6.07, 6.45) is -4.62. The summed E-state index contributed by atoms with van der Waals surface area (Å²) in [7, 11) is 0. The Morgan fingerprint density at radius 2 is 2.07 bits per heavy atom. The average Bonchev–Trinajstić information content (AvgIpc) is 2.90. The number of carboxylic acids is 1. The molecule has 2 rings (SSSR count). The molecule has 0 aromatic heterocycles. The van der Waals surface area contributed by atoms with Gasteiger partial charge in [0.1, 0.15) is 6.54 Å². The van der Waals surface area contributed by atoms with E-state index in [9.17, 15) is 32.7 Å². The van der Waals surface area contributed by atoms with E-state index in [-0.39, 0.29) is 25.9 Å². The van der Waals surface area contributed by atoms with E-state index in [4.69, 9.17) is 0 Å². The maximum Gasteiger partial charge on any atom is 0.406 e. The normalized spacial score (nSPS) is 18.4. The number of hydrogen-bond acceptors (Lipinski definition) is 3. The number of carbonyl (C=O) groups excluding carboxylic acids is 2. The van der Waals surface area contributed by atoms with Gasteiger partial charge in [0, 0.05) is 19.5 Å². The van der Waals surface area contributed by atoms with Crippen molar-refractivity contribution in [2.45, 2.75) is 25.9 Å². The van der Waals surface area contributed by atoms with Gasteiger partial charge in [-0.15, -0.1) is 0 Å². The van der Waals surface area contributed by atoms with Crippen LogP contribution in [0, 0.1) is 18.8 Å². The fraction of sp³-hybridized carbons (Fsp3) is 0.500. The lowest BCUT2D eigenvalue weighted by Crippen LogP contribution is -2.39. The van der Waals surface area contributed by atoms with E-state index in [1.165, 1.54) is 0 Å². The van der Waals surface area contributed by atoms with Crippen molar-refractivity contribution >= 4 is 17.8 Å². The number of amides is 2. The Hall–Kier alpha value is -2.58. The molecule has 0 bridgehead atoms. The van der Waals surface area contributed by atoms with Gasteiger partial charge in [0.25, 0.3) is 0 Å². The Balaban J connectivity index is 1.90. The molecule has 1 saturated heterocycles. The van der Waals surface area contributed by atoms with Crippen LogP contribution in [0.15, 0.2) is 24.3 Å². The minimum Gasteiger partial charge on any atom is -0.481 e. The first-order valence-corrected chi connectivity index (χ1v) is 8.45. The first-order chi connectivity index (χ1) is 12.5. The van der Waals surface area contributed by atoms with Crippen LogP contribution >= 0.6 is 0 Å². The summed E-state index contributed by atoms with van der Waals surface area (Å²) < 4.78 is 37.3. The van der Waals surface area contributed by atoms with E-state index in [0.29, 0.717) is 4.90 Å². The summed E-state index contributed by atoms with van der Waals surface area (Å²) in [5.74, 6) is -4.21. The first-order valence-electron chi connectivity index (χ1n) is 8.45. The third-order valence-electron chi connectivity index (χ3n) is 4.39. The van der Waals surface area contributed by atoms with E-state index >= 15 is 0 Å². The molecule has 1 aromatic carbocycles. The molecule has 148 valence electrons. The highest BCUT2D eigenvalue weighted by atomic mass is 19.4. The van der Waals surface area contributed by atoms with Crippen molar-refractivity contribution in [3.8, 4) is 0 Å². The van der Waals surface area contributed by atoms with E-state index < -0.39 is 42.3 Å². The molecule has 2 unspecified atom stereocenters. The summed E-state index contributed by atoms with van der Waals surface area (Å²) in [5.41, 5.74) is 1.79. The van der Waals surface area contributed by atoms with Crippen molar-refractivity contribution < 1.29 is 32.7 Å². The zero-order valence-corrected chi connectivity index (χ0v) is 14.8. The van der Waals surface area contributed by atoms with Crippen LogP contribution in [0.4, 0.5) is 13.2 Å². The van der Waals surface area contributed by atoms with Crippen LogP contribution in [-0.2, 0) is 20.8 Å². The van der Waals surface area contributed by atoms with Crippen molar-refractivity contribution in [1.29, 1.82) is 0 Å². The first kappa shape index (κ1) is 20.7. The summed E-state index contributed by atoms with van der Waals surface area (Å²) in [6, 6.07) is 7.32. The number of hydrogen-bond donors (Lipinski definition) is 2. The third-order valence-corrected chi connectivity index (χ3v) is 4.39. The van der Waals surface area contributed by atoms with Gasteiger partial charge in [-0.1, -0.05) is 29.8 Å². The zero-order valence-electron chi connectivity index (χ0n) is 14.8. The van der Waals surface area contributed by atoms with Crippen molar-refractivity contribution in [3.63, 3.8) is 0 Å². The molecule has 0 spiro atoms. The average molecular weight is 386 g/mol. The van der Waals surface area contributed by atoms with Gasteiger partial charge in [-0.25, -0.2) is 0 Å². The fourth-order valence-electron chi connectivity index (χ4n) is 3.06. The van der Waals surface area contributed by atoms with Crippen LogP contribution in [0.2, 0.25) is 0 Å². The molecule has 2 amide bonds. The number of nitrogens with one attached hydrogen (secondary N) is 1. The van der Waals surface area contributed by atoms with Gasteiger partial charge >= 0.3 is 12.1 Å². The van der Waals surface area contributed by atoms with Crippen LogP contribution in [-0.4, -0.2) is 53.6 Å². The predicted molar refractivity (Wildman–Crippen MR) is 89.8 cm³/mol. The maximum atomic E-state index is 12.4. The number of nitrogens with zero attached hydrogens (tertiary/aromatic N) is 1. The Morgan fingerprint density at radius 3 is 2.67 bits per heavy atom. The fourth-order valence-corrected chi connectivity index (χ4v) is 3.06. The van der Waals surface area contributed by atoms with Gasteiger partial charge in [0.2, 0.25) is 11.8 Å². The summed E-state index contributed by atoms with van der Waals surface area (Å²) in [5, 5.41) is 11.8. The molecule has 1 heterocycles. The Kier molecular flexibility index (Phi) is 6.45. The molecule has 0 aliphatic carbocycles. The molecular weight excluding hydrogens is 365 g/mol. The molecule has 9 heteroatoms. The highest BCUT2D eigenvalue weighted by Crippen LogP contribution is 2.24. The molecule has 1 aliphatic rings. The topological polar surface area (TPSA) is 86.7 Å². The number of alkyl halides is 3. The maximum absolute atomic E-state index is 12.4. The van der Waals surface area contributed by atoms with Crippen LogP contribution in [0.5, 0.6) is 0 Å². The largest absolute Gasteiger partial charge is 0.481 e. The van der Waals surface area contributed by atoms with E-state index in [2.05, 4.69) is 5.32 Å². The highest BCUT2D eigenvalue weighted by Gasteiger charge is 2.40. The monoisotopic (exact) mass is 386 g/mol. The van der Waals surface area contributed by atoms with Crippen LogP contribution in [0.3, 0.4) is 0 Å². The minimum absolute atomic E-state index is 0.161. The van der Waals surface area contributed by atoms with E-state index in [0.717, 1.165) is 11.1 Å². The Bertz CT molecular complexity index is 721. The Labute approximate surface area is 154 Å². The van der Waals surface area contributed by atoms with Gasteiger partial charge in [-0.2, -0.15) is 13.2 Å². The van der Waals surface area contributed by atoms with E-state index in [1.807, 2.05) is 25.1 Å². The number of carbonyl (C=O) groups is 3. The van der Waals surface area contributed by atoms with Crippen LogP contribution in [0.1, 0.15) is 17.5 Å². The second-order valence-corrected chi connectivity index (χ2v) is 6.76. The number of aliphatic carboxylic acids is 1. The van der Waals surface area contributed by atoms with Gasteiger partial charge in [0.05, 0.1) is 11.8 Å². The van der Waals surface area contributed by atoms with E-state index in [1.54, 1.807) is 6.07 Å². The molecule has 0 radical (unpaired) electrons. The van der Waals surface area contributed by atoms with Crippen molar-refractivity contribution in [2.75, 3.05) is 19.6 Å². The highest BCUT2D eigenvalue weighted by molar-refractivity contribution is 5.89. The van der Waals surface area contributed by atoms with Crippen molar-refractivity contribution in [2.24, 2.45) is 11.8 Å². The number of benzene rings is 1. The lowest BCUT2D eigenvalue weighted by atomic mass is 9.97. The molecular formula is C18H21F3N2O4. The summed E-state index contributed by atoms with van der Waals surface area (Å²) >= 11 is 0. The molecule has 2 N–H and O–H groups in total. The number of halogens is 3. The van der Waals surface area contributed by atoms with Crippen molar-refractivity contribution in [3.05, 3.63) is 35.4 Å². The summed E-state index contributed by atoms with van der Waals surface area (Å²) in [4.78, 5) is 35.9. The third kappa shape index (κ3) is 6.26. The minimum atomic E-state index is -4.52. The smallest absolute Gasteiger partial charge is 0.406 e. The molecule has 27 heavy (non-hydrogen) atoms. The van der Waals surface area contributed by atoms with Gasteiger partial charge in [0.15, 0.2) is 0 Å². The second-order valence-electron chi connectivity index (χ2n) is 6.76. The van der Waals surface area contributed by atoms with Crippen molar-refractivity contribution in [1.82, 2.24) is 10.2 Å². The molecule has 2 atom stereocenters. The van der Waals surface area contributed by atoms with Gasteiger partial charge < -0.3 is 15.3 Å². The lowest BCUT2D eigenvalue weighted by molar-refractivity contribution is -0.157. The molecule has 1 aromatic rings. The molecule has 1 fully saturated rings. The quantitative estimate of drug-likeness (QED) is 0.748. The zero-order chi connectivity index (χ0) is 20.2. The van der Waals surface area contributed by atoms with Gasteiger partial charge in [-0.3, -0.25) is 14.4 Å².